The zero-order valence-electron chi connectivity index (χ0n) is 15.2. The number of aliphatic imine (C=N–C) groups is 1. The van der Waals surface area contributed by atoms with Gasteiger partial charge >= 0.3 is 6.18 Å². The molecule has 1 fully saturated rings. The fourth-order valence-corrected chi connectivity index (χ4v) is 4.19. The van der Waals surface area contributed by atoms with Crippen molar-refractivity contribution in [2.45, 2.75) is 50.4 Å². The number of alkyl halides is 3. The number of hydrogen-bond acceptors (Lipinski definition) is 2. The molecule has 0 radical (unpaired) electrons. The molecule has 2 N–H and O–H groups in total. The molecule has 2 aromatic carbocycles. The molecule has 28 heavy (non-hydrogen) atoms. The van der Waals surface area contributed by atoms with Crippen LogP contribution in [0.3, 0.4) is 0 Å². The van der Waals surface area contributed by atoms with E-state index in [2.05, 4.69) is 10.6 Å². The van der Waals surface area contributed by atoms with Gasteiger partial charge in [0, 0.05) is 5.02 Å². The molecule has 0 bridgehead atoms. The average molecular weight is 408 g/mol. The third kappa shape index (κ3) is 3.70. The summed E-state index contributed by atoms with van der Waals surface area (Å²) in [5, 5.41) is 7.35. The number of para-hydroxylation sites is 2. The molecule has 0 aromatic heterocycles. The highest BCUT2D eigenvalue weighted by atomic mass is 35.5. The maximum Gasteiger partial charge on any atom is 0.416 e. The van der Waals surface area contributed by atoms with Crippen molar-refractivity contribution in [3.8, 4) is 0 Å². The number of halogens is 4. The van der Waals surface area contributed by atoms with Crippen molar-refractivity contribution in [2.24, 2.45) is 4.99 Å². The van der Waals surface area contributed by atoms with Crippen LogP contribution in [0.1, 0.15) is 43.2 Å². The Hall–Kier alpha value is -2.21. The molecular weight excluding hydrogens is 387 g/mol. The Morgan fingerprint density at radius 3 is 2.43 bits per heavy atom. The van der Waals surface area contributed by atoms with Gasteiger partial charge in [0.25, 0.3) is 0 Å². The first-order valence-electron chi connectivity index (χ1n) is 9.42. The SMILES string of the molecule is FC(F)(F)c1ccc(Cl)c(CN=C2Nc3ccccc3NC23CCCCC3)c1. The van der Waals surface area contributed by atoms with E-state index in [0.29, 0.717) is 10.6 Å². The normalized spacial score (nSPS) is 19.8. The van der Waals surface area contributed by atoms with E-state index in [4.69, 9.17) is 16.6 Å². The summed E-state index contributed by atoms with van der Waals surface area (Å²) in [5.74, 6) is 0.777. The fourth-order valence-electron chi connectivity index (χ4n) is 4.01. The molecule has 0 atom stereocenters. The molecule has 4 rings (SSSR count). The molecule has 148 valence electrons. The Bertz CT molecular complexity index is 902. The van der Waals surface area contributed by atoms with E-state index in [1.165, 1.54) is 12.5 Å². The Morgan fingerprint density at radius 1 is 1.00 bits per heavy atom. The first-order chi connectivity index (χ1) is 13.4. The van der Waals surface area contributed by atoms with Gasteiger partial charge < -0.3 is 10.6 Å². The van der Waals surface area contributed by atoms with Crippen LogP contribution in [0.4, 0.5) is 24.5 Å². The van der Waals surface area contributed by atoms with Gasteiger partial charge in [0.2, 0.25) is 0 Å². The van der Waals surface area contributed by atoms with Crippen molar-refractivity contribution >= 4 is 28.8 Å². The summed E-state index contributed by atoms with van der Waals surface area (Å²) in [6, 6.07) is 11.3. The van der Waals surface area contributed by atoms with Crippen molar-refractivity contribution in [3.05, 3.63) is 58.6 Å². The highest BCUT2D eigenvalue weighted by Gasteiger charge is 2.40. The van der Waals surface area contributed by atoms with Gasteiger partial charge in [0.1, 0.15) is 5.84 Å². The van der Waals surface area contributed by atoms with Crippen molar-refractivity contribution in [2.75, 3.05) is 10.6 Å². The molecule has 7 heteroatoms. The van der Waals surface area contributed by atoms with E-state index in [0.717, 1.165) is 55.0 Å². The van der Waals surface area contributed by atoms with Gasteiger partial charge in [0.15, 0.2) is 0 Å². The third-order valence-corrected chi connectivity index (χ3v) is 5.86. The largest absolute Gasteiger partial charge is 0.416 e. The van der Waals surface area contributed by atoms with Crippen LogP contribution < -0.4 is 10.6 Å². The second kappa shape index (κ2) is 7.32. The predicted molar refractivity (Wildman–Crippen MR) is 107 cm³/mol. The van der Waals surface area contributed by atoms with E-state index in [-0.39, 0.29) is 12.1 Å². The monoisotopic (exact) mass is 407 g/mol. The third-order valence-electron chi connectivity index (χ3n) is 5.50. The summed E-state index contributed by atoms with van der Waals surface area (Å²) >= 11 is 6.15. The number of nitrogens with zero attached hydrogens (tertiary/aromatic N) is 1. The zero-order chi connectivity index (χ0) is 19.8. The number of rotatable bonds is 2. The van der Waals surface area contributed by atoms with Gasteiger partial charge in [-0.1, -0.05) is 43.0 Å². The first-order valence-corrected chi connectivity index (χ1v) is 9.80. The molecule has 1 spiro atoms. The summed E-state index contributed by atoms with van der Waals surface area (Å²) in [7, 11) is 0. The van der Waals surface area contributed by atoms with Crippen LogP contribution in [0.2, 0.25) is 5.02 Å². The number of fused-ring (bicyclic) bond motifs is 1. The smallest absolute Gasteiger partial charge is 0.371 e. The highest BCUT2D eigenvalue weighted by Crippen LogP contribution is 2.40. The minimum absolute atomic E-state index is 0.0939. The number of nitrogens with one attached hydrogen (secondary N) is 2. The van der Waals surface area contributed by atoms with Crippen LogP contribution in [0.5, 0.6) is 0 Å². The summed E-state index contributed by atoms with van der Waals surface area (Å²) in [6.45, 7) is 0.0939. The topological polar surface area (TPSA) is 36.4 Å². The summed E-state index contributed by atoms with van der Waals surface area (Å²) in [5.41, 5.74) is 1.31. The molecule has 0 unspecified atom stereocenters. The molecule has 1 aliphatic carbocycles. The van der Waals surface area contributed by atoms with E-state index in [1.54, 1.807) is 0 Å². The quantitative estimate of drug-likeness (QED) is 0.596. The number of benzene rings is 2. The number of amidine groups is 1. The molecule has 0 saturated heterocycles. The molecule has 1 heterocycles. The maximum absolute atomic E-state index is 13.0. The van der Waals surface area contributed by atoms with Gasteiger partial charge in [-0.2, -0.15) is 13.2 Å². The lowest BCUT2D eigenvalue weighted by atomic mass is 9.79. The lowest BCUT2D eigenvalue weighted by Gasteiger charge is -2.44. The van der Waals surface area contributed by atoms with Crippen molar-refractivity contribution in [3.63, 3.8) is 0 Å². The van der Waals surface area contributed by atoms with Crippen LogP contribution in [0.15, 0.2) is 47.5 Å². The number of hydrogen-bond donors (Lipinski definition) is 2. The lowest BCUT2D eigenvalue weighted by Crippen LogP contribution is -2.53. The summed E-state index contributed by atoms with van der Waals surface area (Å²) in [6.07, 6.45) is 0.811. The molecule has 2 aliphatic rings. The van der Waals surface area contributed by atoms with Crippen molar-refractivity contribution in [1.82, 2.24) is 0 Å². The predicted octanol–water partition coefficient (Wildman–Crippen LogP) is 6.50. The molecular formula is C21H21ClF3N3. The fraction of sp³-hybridized carbons (Fsp3) is 0.381. The van der Waals surface area contributed by atoms with Crippen molar-refractivity contribution in [1.29, 1.82) is 0 Å². The van der Waals surface area contributed by atoms with Crippen LogP contribution >= 0.6 is 11.6 Å². The lowest BCUT2D eigenvalue weighted by molar-refractivity contribution is -0.137. The highest BCUT2D eigenvalue weighted by molar-refractivity contribution is 6.31. The van der Waals surface area contributed by atoms with E-state index >= 15 is 0 Å². The molecule has 2 aromatic rings. The Kier molecular flexibility index (Phi) is 5.00. The molecule has 3 nitrogen and oxygen atoms in total. The zero-order valence-corrected chi connectivity index (χ0v) is 16.0. The van der Waals surface area contributed by atoms with Gasteiger partial charge in [-0.15, -0.1) is 0 Å². The molecule has 1 aliphatic heterocycles. The number of anilines is 2. The van der Waals surface area contributed by atoms with Crippen LogP contribution in [0, 0.1) is 0 Å². The minimum atomic E-state index is -4.40. The minimum Gasteiger partial charge on any atom is -0.371 e. The van der Waals surface area contributed by atoms with Crippen LogP contribution in [-0.2, 0) is 12.7 Å². The van der Waals surface area contributed by atoms with Gasteiger partial charge in [0.05, 0.1) is 29.0 Å². The van der Waals surface area contributed by atoms with E-state index in [9.17, 15) is 13.2 Å². The van der Waals surface area contributed by atoms with E-state index < -0.39 is 11.7 Å². The Labute approximate surface area is 167 Å². The molecule has 1 saturated carbocycles. The molecule has 0 amide bonds. The van der Waals surface area contributed by atoms with Crippen molar-refractivity contribution < 1.29 is 13.2 Å². The van der Waals surface area contributed by atoms with E-state index in [1.807, 2.05) is 24.3 Å². The Balaban J connectivity index is 1.67. The second-order valence-corrected chi connectivity index (χ2v) is 7.81. The second-order valence-electron chi connectivity index (χ2n) is 7.41. The summed E-state index contributed by atoms with van der Waals surface area (Å²) < 4.78 is 39.1. The van der Waals surface area contributed by atoms with Crippen LogP contribution in [0.25, 0.3) is 0 Å². The average Bonchev–Trinajstić information content (AvgIpc) is 2.67. The first kappa shape index (κ1) is 19.1. The standard InChI is InChI=1S/C21H21ClF3N3/c22-16-9-8-15(21(23,24)25)12-14(16)13-26-19-20(10-4-1-5-11-20)28-18-7-3-2-6-17(18)27-19/h2-3,6-9,12,28H,1,4-5,10-11,13H2,(H,26,27). The van der Waals surface area contributed by atoms with Gasteiger partial charge in [-0.25, -0.2) is 0 Å². The van der Waals surface area contributed by atoms with Gasteiger partial charge in [-0.05, 0) is 48.7 Å². The summed E-state index contributed by atoms with van der Waals surface area (Å²) in [4.78, 5) is 4.70. The maximum atomic E-state index is 13.0. The Morgan fingerprint density at radius 2 is 1.71 bits per heavy atom. The van der Waals surface area contributed by atoms with Crippen LogP contribution in [-0.4, -0.2) is 11.4 Å². The van der Waals surface area contributed by atoms with Gasteiger partial charge in [-0.3, -0.25) is 4.99 Å².